The first-order valence-corrected chi connectivity index (χ1v) is 6.46. The molecule has 0 amide bonds. The van der Waals surface area contributed by atoms with E-state index in [1.807, 2.05) is 6.07 Å². The molecule has 0 aliphatic rings. The number of rotatable bonds is 6. The number of carbonyl (C=O) groups excluding carboxylic acids is 2. The molecule has 0 aliphatic heterocycles. The Hall–Kier alpha value is -2.30. The Balaban J connectivity index is 3.10. The van der Waals surface area contributed by atoms with Crippen LogP contribution in [0.4, 0.5) is 0 Å². The summed E-state index contributed by atoms with van der Waals surface area (Å²) in [6, 6.07) is 9.01. The molecule has 0 fully saturated rings. The van der Waals surface area contributed by atoms with Crippen molar-refractivity contribution in [3.63, 3.8) is 0 Å². The summed E-state index contributed by atoms with van der Waals surface area (Å²) in [5, 5.41) is 0. The van der Waals surface area contributed by atoms with Crippen LogP contribution in [0.1, 0.15) is 25.8 Å². The number of nitrogens with two attached hydrogens (primary N) is 1. The van der Waals surface area contributed by atoms with Crippen molar-refractivity contribution in [1.82, 2.24) is 0 Å². The fraction of sp³-hybridized carbons (Fsp3) is 0.333. The Morgan fingerprint density at radius 1 is 1.05 bits per heavy atom. The van der Waals surface area contributed by atoms with Crippen LogP contribution in [0.2, 0.25) is 0 Å². The molecular weight excluding hydrogens is 258 g/mol. The second-order valence-electron chi connectivity index (χ2n) is 3.96. The summed E-state index contributed by atoms with van der Waals surface area (Å²) in [6.45, 7) is 3.92. The molecule has 0 aliphatic carbocycles. The first-order chi connectivity index (χ1) is 9.60. The van der Waals surface area contributed by atoms with E-state index in [9.17, 15) is 9.59 Å². The molecule has 0 atom stereocenters. The summed E-state index contributed by atoms with van der Waals surface area (Å²) < 4.78 is 9.78. The highest BCUT2D eigenvalue weighted by atomic mass is 16.5. The molecule has 0 heterocycles. The van der Waals surface area contributed by atoms with E-state index in [-0.39, 0.29) is 25.3 Å². The SMILES string of the molecule is CCOC(=O)CC(=C(N)C(=O)OCC)c1ccccc1. The van der Waals surface area contributed by atoms with E-state index >= 15 is 0 Å². The van der Waals surface area contributed by atoms with Crippen molar-refractivity contribution >= 4 is 17.5 Å². The second-order valence-corrected chi connectivity index (χ2v) is 3.96. The smallest absolute Gasteiger partial charge is 0.354 e. The third kappa shape index (κ3) is 4.42. The molecule has 5 heteroatoms. The predicted octanol–water partition coefficient (Wildman–Crippen LogP) is 1.87. The molecular formula is C15H19NO4. The zero-order valence-corrected chi connectivity index (χ0v) is 11.7. The van der Waals surface area contributed by atoms with Crippen LogP contribution >= 0.6 is 0 Å². The lowest BCUT2D eigenvalue weighted by molar-refractivity contribution is -0.141. The van der Waals surface area contributed by atoms with Gasteiger partial charge in [-0.25, -0.2) is 4.79 Å². The molecule has 1 aromatic rings. The largest absolute Gasteiger partial charge is 0.466 e. The fourth-order valence-corrected chi connectivity index (χ4v) is 1.68. The van der Waals surface area contributed by atoms with Crippen molar-refractivity contribution in [3.8, 4) is 0 Å². The maximum atomic E-state index is 11.7. The van der Waals surface area contributed by atoms with Crippen LogP contribution < -0.4 is 5.73 Å². The molecule has 5 nitrogen and oxygen atoms in total. The Kier molecular flexibility index (Phi) is 6.29. The molecule has 108 valence electrons. The number of benzene rings is 1. The highest BCUT2D eigenvalue weighted by Crippen LogP contribution is 2.21. The van der Waals surface area contributed by atoms with Crippen molar-refractivity contribution in [2.75, 3.05) is 13.2 Å². The zero-order valence-electron chi connectivity index (χ0n) is 11.7. The van der Waals surface area contributed by atoms with Crippen LogP contribution in [-0.2, 0) is 19.1 Å². The Morgan fingerprint density at radius 2 is 1.65 bits per heavy atom. The summed E-state index contributed by atoms with van der Waals surface area (Å²) in [7, 11) is 0. The minimum Gasteiger partial charge on any atom is -0.466 e. The lowest BCUT2D eigenvalue weighted by atomic mass is 10.0. The first kappa shape index (κ1) is 15.8. The molecule has 0 radical (unpaired) electrons. The molecule has 0 unspecified atom stereocenters. The van der Waals surface area contributed by atoms with E-state index in [2.05, 4.69) is 0 Å². The Bertz CT molecular complexity index is 494. The first-order valence-electron chi connectivity index (χ1n) is 6.46. The average Bonchev–Trinajstić information content (AvgIpc) is 2.45. The predicted molar refractivity (Wildman–Crippen MR) is 75.4 cm³/mol. The number of ether oxygens (including phenoxy) is 2. The van der Waals surface area contributed by atoms with Crippen LogP contribution in [0.15, 0.2) is 36.0 Å². The van der Waals surface area contributed by atoms with E-state index < -0.39 is 11.9 Å². The van der Waals surface area contributed by atoms with Gasteiger partial charge in [0.2, 0.25) is 0 Å². The minimum atomic E-state index is -0.629. The summed E-state index contributed by atoms with van der Waals surface area (Å²) in [4.78, 5) is 23.4. The van der Waals surface area contributed by atoms with Crippen LogP contribution in [0.25, 0.3) is 5.57 Å². The van der Waals surface area contributed by atoms with Gasteiger partial charge in [-0.05, 0) is 19.4 Å². The highest BCUT2D eigenvalue weighted by molar-refractivity contribution is 6.00. The van der Waals surface area contributed by atoms with Crippen molar-refractivity contribution in [1.29, 1.82) is 0 Å². The standard InChI is InChI=1S/C15H19NO4/c1-3-19-13(17)10-12(11-8-6-5-7-9-11)14(16)15(18)20-4-2/h5-9H,3-4,10,16H2,1-2H3. The topological polar surface area (TPSA) is 78.6 Å². The van der Waals surface area contributed by atoms with Gasteiger partial charge in [-0.3, -0.25) is 4.79 Å². The van der Waals surface area contributed by atoms with Gasteiger partial charge < -0.3 is 15.2 Å². The fourth-order valence-electron chi connectivity index (χ4n) is 1.68. The van der Waals surface area contributed by atoms with Crippen molar-refractivity contribution < 1.29 is 19.1 Å². The van der Waals surface area contributed by atoms with Gasteiger partial charge in [0.1, 0.15) is 5.70 Å². The summed E-state index contributed by atoms with van der Waals surface area (Å²) in [6.07, 6.45) is -0.0670. The normalized spacial score (nSPS) is 11.5. The van der Waals surface area contributed by atoms with E-state index in [0.29, 0.717) is 11.1 Å². The molecule has 1 rings (SSSR count). The van der Waals surface area contributed by atoms with Gasteiger partial charge in [0.25, 0.3) is 0 Å². The van der Waals surface area contributed by atoms with E-state index in [1.165, 1.54) is 0 Å². The van der Waals surface area contributed by atoms with Crippen molar-refractivity contribution in [3.05, 3.63) is 41.6 Å². The maximum Gasteiger partial charge on any atom is 0.354 e. The number of hydrogen-bond acceptors (Lipinski definition) is 5. The molecule has 0 aromatic heterocycles. The second kappa shape index (κ2) is 7.99. The molecule has 20 heavy (non-hydrogen) atoms. The van der Waals surface area contributed by atoms with Crippen molar-refractivity contribution in [2.45, 2.75) is 20.3 Å². The number of carbonyl (C=O) groups is 2. The van der Waals surface area contributed by atoms with Gasteiger partial charge >= 0.3 is 11.9 Å². The quantitative estimate of drug-likeness (QED) is 0.634. The summed E-state index contributed by atoms with van der Waals surface area (Å²) in [5.74, 6) is -1.06. The van der Waals surface area contributed by atoms with Crippen LogP contribution in [-0.4, -0.2) is 25.2 Å². The lowest BCUT2D eigenvalue weighted by Gasteiger charge is -2.11. The van der Waals surface area contributed by atoms with Crippen LogP contribution in [0, 0.1) is 0 Å². The number of esters is 2. The van der Waals surface area contributed by atoms with Gasteiger partial charge in [-0.15, -0.1) is 0 Å². The average molecular weight is 277 g/mol. The lowest BCUT2D eigenvalue weighted by Crippen LogP contribution is -2.18. The molecule has 0 saturated heterocycles. The van der Waals surface area contributed by atoms with Gasteiger partial charge in [0.05, 0.1) is 19.6 Å². The van der Waals surface area contributed by atoms with Crippen LogP contribution in [0.5, 0.6) is 0 Å². The zero-order chi connectivity index (χ0) is 15.0. The van der Waals surface area contributed by atoms with E-state index in [0.717, 1.165) is 0 Å². The molecule has 2 N–H and O–H groups in total. The molecule has 0 saturated carbocycles. The summed E-state index contributed by atoms with van der Waals surface area (Å²) >= 11 is 0. The van der Waals surface area contributed by atoms with Crippen LogP contribution in [0.3, 0.4) is 0 Å². The Labute approximate surface area is 118 Å². The van der Waals surface area contributed by atoms with Gasteiger partial charge in [-0.1, -0.05) is 30.3 Å². The Morgan fingerprint density at radius 3 is 2.20 bits per heavy atom. The maximum absolute atomic E-state index is 11.7. The molecule has 0 bridgehead atoms. The third-order valence-corrected chi connectivity index (χ3v) is 2.57. The van der Waals surface area contributed by atoms with Gasteiger partial charge in [-0.2, -0.15) is 0 Å². The monoisotopic (exact) mass is 277 g/mol. The minimum absolute atomic E-state index is 0.0638. The number of hydrogen-bond donors (Lipinski definition) is 1. The van der Waals surface area contributed by atoms with E-state index in [1.54, 1.807) is 38.1 Å². The highest BCUT2D eigenvalue weighted by Gasteiger charge is 2.18. The third-order valence-electron chi connectivity index (χ3n) is 2.57. The molecule has 0 spiro atoms. The van der Waals surface area contributed by atoms with Crippen molar-refractivity contribution in [2.24, 2.45) is 5.73 Å². The summed E-state index contributed by atoms with van der Waals surface area (Å²) in [5.41, 5.74) is 6.88. The van der Waals surface area contributed by atoms with Gasteiger partial charge in [0.15, 0.2) is 0 Å². The van der Waals surface area contributed by atoms with Gasteiger partial charge in [0, 0.05) is 5.57 Å². The van der Waals surface area contributed by atoms with E-state index in [4.69, 9.17) is 15.2 Å². The molecule has 1 aromatic carbocycles.